The lowest BCUT2D eigenvalue weighted by Crippen LogP contribution is -3.29. The Hall–Kier alpha value is -1.63. The van der Waals surface area contributed by atoms with Crippen LogP contribution in [0.25, 0.3) is 0 Å². The van der Waals surface area contributed by atoms with Gasteiger partial charge < -0.3 is 14.5 Å². The van der Waals surface area contributed by atoms with Crippen molar-refractivity contribution >= 4 is 29.1 Å². The highest BCUT2D eigenvalue weighted by Gasteiger charge is 2.47. The van der Waals surface area contributed by atoms with Crippen molar-refractivity contribution in [1.29, 1.82) is 0 Å². The smallest absolute Gasteiger partial charge is 0.292 e. The van der Waals surface area contributed by atoms with Crippen molar-refractivity contribution in [2.45, 2.75) is 12.5 Å². The second kappa shape index (κ2) is 6.47. The number of rotatable bonds is 3. The van der Waals surface area contributed by atoms with E-state index in [1.54, 1.807) is 18.2 Å². The second-order valence-electron chi connectivity index (χ2n) is 6.26. The molecule has 6 nitrogen and oxygen atoms in total. The molecule has 124 valence electrons. The first-order valence-electron chi connectivity index (χ1n) is 7.87. The molecule has 3 rings (SSSR count). The Kier molecular flexibility index (Phi) is 4.57. The van der Waals surface area contributed by atoms with Crippen LogP contribution in [0.5, 0.6) is 5.75 Å². The number of amides is 2. The molecule has 0 aromatic heterocycles. The van der Waals surface area contributed by atoms with Gasteiger partial charge in [0.25, 0.3) is 5.91 Å². The summed E-state index contributed by atoms with van der Waals surface area (Å²) in [6.45, 7) is 3.87. The van der Waals surface area contributed by atoms with Crippen LogP contribution in [0.4, 0.5) is 5.69 Å². The average molecular weight is 340 g/mol. The number of hydrogen-bond donors (Lipinski definition) is 2. The van der Waals surface area contributed by atoms with Gasteiger partial charge in [0.15, 0.2) is 6.04 Å². The number of nitrogens with zero attached hydrogens (tertiary/aromatic N) is 1. The van der Waals surface area contributed by atoms with Crippen LogP contribution in [-0.4, -0.2) is 58.2 Å². The first kappa shape index (κ1) is 16.2. The van der Waals surface area contributed by atoms with Gasteiger partial charge in [-0.15, -0.1) is 0 Å². The summed E-state index contributed by atoms with van der Waals surface area (Å²) in [5.74, 6) is 0.152. The predicted molar refractivity (Wildman–Crippen MR) is 86.2 cm³/mol. The summed E-state index contributed by atoms with van der Waals surface area (Å²) in [5.41, 5.74) is 0.441. The largest absolute Gasteiger partial charge is 0.495 e. The fourth-order valence-corrected chi connectivity index (χ4v) is 3.55. The summed E-state index contributed by atoms with van der Waals surface area (Å²) in [7, 11) is 3.67. The fourth-order valence-electron chi connectivity index (χ4n) is 3.39. The third kappa shape index (κ3) is 3.06. The number of hydrogen-bond acceptors (Lipinski definition) is 3. The lowest BCUT2D eigenvalue weighted by atomic mass is 10.2. The summed E-state index contributed by atoms with van der Waals surface area (Å²) < 4.78 is 5.29. The first-order chi connectivity index (χ1) is 11.0. The molecule has 0 spiro atoms. The summed E-state index contributed by atoms with van der Waals surface area (Å²) in [4.78, 5) is 29.2. The molecule has 2 aliphatic rings. The highest BCUT2D eigenvalue weighted by Crippen LogP contribution is 2.34. The highest BCUT2D eigenvalue weighted by molar-refractivity contribution is 6.31. The van der Waals surface area contributed by atoms with Gasteiger partial charge in [-0.05, 0) is 18.2 Å². The van der Waals surface area contributed by atoms with E-state index in [4.69, 9.17) is 16.3 Å². The lowest BCUT2D eigenvalue weighted by molar-refractivity contribution is -1.01. The maximum Gasteiger partial charge on any atom is 0.292 e. The molecule has 1 aromatic carbocycles. The number of quaternary nitrogens is 2. The number of benzene rings is 1. The molecule has 2 heterocycles. The summed E-state index contributed by atoms with van der Waals surface area (Å²) in [6.07, 6.45) is 0.253. The molecule has 1 atom stereocenters. The number of anilines is 1. The van der Waals surface area contributed by atoms with Crippen molar-refractivity contribution in [3.63, 3.8) is 0 Å². The van der Waals surface area contributed by atoms with Crippen LogP contribution in [-0.2, 0) is 9.59 Å². The van der Waals surface area contributed by atoms with Crippen molar-refractivity contribution in [1.82, 2.24) is 0 Å². The van der Waals surface area contributed by atoms with Crippen LogP contribution >= 0.6 is 11.6 Å². The van der Waals surface area contributed by atoms with E-state index in [9.17, 15) is 9.59 Å². The quantitative estimate of drug-likeness (QED) is 0.652. The van der Waals surface area contributed by atoms with E-state index in [1.165, 1.54) is 21.8 Å². The predicted octanol–water partition coefficient (Wildman–Crippen LogP) is -1.61. The number of halogens is 1. The highest BCUT2D eigenvalue weighted by atomic mass is 35.5. The third-order valence-electron chi connectivity index (χ3n) is 4.77. The molecule has 0 radical (unpaired) electrons. The number of carbonyl (C=O) groups excluding carboxylic acids is 2. The van der Waals surface area contributed by atoms with E-state index in [1.807, 2.05) is 0 Å². The van der Waals surface area contributed by atoms with Crippen LogP contribution in [0.2, 0.25) is 5.02 Å². The molecule has 2 saturated heterocycles. The van der Waals surface area contributed by atoms with E-state index < -0.39 is 0 Å². The molecule has 0 aliphatic carbocycles. The van der Waals surface area contributed by atoms with Crippen molar-refractivity contribution in [3.05, 3.63) is 23.2 Å². The molecule has 0 bridgehead atoms. The second-order valence-corrected chi connectivity index (χ2v) is 6.69. The van der Waals surface area contributed by atoms with Gasteiger partial charge in [-0.25, -0.2) is 4.90 Å². The van der Waals surface area contributed by atoms with Crippen LogP contribution in [0.3, 0.4) is 0 Å². The maximum atomic E-state index is 12.9. The van der Waals surface area contributed by atoms with Gasteiger partial charge >= 0.3 is 0 Å². The normalized spacial score (nSPS) is 28.3. The molecule has 1 aromatic rings. The average Bonchev–Trinajstić information content (AvgIpc) is 2.83. The number of likely N-dealkylation sites (N-methyl/N-ethyl adjacent to an activating group) is 1. The van der Waals surface area contributed by atoms with Crippen LogP contribution in [0.1, 0.15) is 6.42 Å². The van der Waals surface area contributed by atoms with Gasteiger partial charge in [-0.1, -0.05) is 11.6 Å². The standard InChI is InChI=1S/C16H20ClN3O3/c1-18-5-7-19(8-6-18)13-10-15(21)20(16(13)22)12-9-11(17)3-4-14(12)23-2/h3-4,9,13H,5-8,10H2,1-2H3/p+2/t13-/m0/s1. The van der Waals surface area contributed by atoms with Crippen molar-refractivity contribution < 1.29 is 24.1 Å². The monoisotopic (exact) mass is 339 g/mol. The molecule has 23 heavy (non-hydrogen) atoms. The summed E-state index contributed by atoms with van der Waals surface area (Å²) >= 11 is 6.04. The molecular weight excluding hydrogens is 318 g/mol. The Bertz CT molecular complexity index is 629. The van der Waals surface area contributed by atoms with Gasteiger partial charge in [0.2, 0.25) is 5.91 Å². The zero-order valence-corrected chi connectivity index (χ0v) is 14.2. The fraction of sp³-hybridized carbons (Fsp3) is 0.500. The minimum absolute atomic E-state index is 0.148. The number of nitrogens with one attached hydrogen (secondary N) is 2. The molecule has 0 unspecified atom stereocenters. The Morgan fingerprint density at radius 1 is 1.22 bits per heavy atom. The maximum absolute atomic E-state index is 12.9. The van der Waals surface area contributed by atoms with E-state index in [2.05, 4.69) is 7.05 Å². The minimum Gasteiger partial charge on any atom is -0.495 e. The Morgan fingerprint density at radius 2 is 1.91 bits per heavy atom. The van der Waals surface area contributed by atoms with E-state index in [0.29, 0.717) is 16.5 Å². The van der Waals surface area contributed by atoms with E-state index >= 15 is 0 Å². The first-order valence-corrected chi connectivity index (χ1v) is 8.25. The Balaban J connectivity index is 1.86. The summed E-state index contributed by atoms with van der Waals surface area (Å²) in [6, 6.07) is 4.68. The molecular formula is C16H22ClN3O3+2. The lowest BCUT2D eigenvalue weighted by Gasteiger charge is -2.30. The van der Waals surface area contributed by atoms with Gasteiger partial charge in [-0.2, -0.15) is 0 Å². The molecule has 2 N–H and O–H groups in total. The Morgan fingerprint density at radius 3 is 2.57 bits per heavy atom. The van der Waals surface area contributed by atoms with Crippen molar-refractivity contribution in [2.75, 3.05) is 45.2 Å². The SMILES string of the molecule is COc1ccc(Cl)cc1N1C(=O)C[C@H]([NH+]2CC[NH+](C)CC2)C1=O. The summed E-state index contributed by atoms with van der Waals surface area (Å²) in [5, 5.41) is 0.473. The van der Waals surface area contributed by atoms with E-state index in [0.717, 1.165) is 26.2 Å². The van der Waals surface area contributed by atoms with Gasteiger partial charge in [0.1, 0.15) is 31.9 Å². The number of ether oxygens (including phenoxy) is 1. The number of piperazine rings is 1. The number of methoxy groups -OCH3 is 1. The topological polar surface area (TPSA) is 55.5 Å². The molecule has 2 aliphatic heterocycles. The van der Waals surface area contributed by atoms with Crippen LogP contribution in [0.15, 0.2) is 18.2 Å². The molecule has 2 fully saturated rings. The van der Waals surface area contributed by atoms with Gasteiger partial charge in [0, 0.05) is 5.02 Å². The van der Waals surface area contributed by atoms with E-state index in [-0.39, 0.29) is 24.3 Å². The Labute approximate surface area is 140 Å². The van der Waals surface area contributed by atoms with Crippen molar-refractivity contribution in [3.8, 4) is 5.75 Å². The third-order valence-corrected chi connectivity index (χ3v) is 5.00. The van der Waals surface area contributed by atoms with Crippen molar-refractivity contribution in [2.24, 2.45) is 0 Å². The van der Waals surface area contributed by atoms with Gasteiger partial charge in [0.05, 0.1) is 26.3 Å². The molecule has 2 amide bonds. The minimum atomic E-state index is -0.292. The zero-order chi connectivity index (χ0) is 16.6. The number of imide groups is 1. The molecule has 7 heteroatoms. The zero-order valence-electron chi connectivity index (χ0n) is 13.4. The number of carbonyl (C=O) groups is 2. The molecule has 0 saturated carbocycles. The van der Waals surface area contributed by atoms with Gasteiger partial charge in [-0.3, -0.25) is 9.59 Å². The van der Waals surface area contributed by atoms with Crippen LogP contribution in [0, 0.1) is 0 Å². The van der Waals surface area contributed by atoms with Crippen LogP contribution < -0.4 is 19.4 Å².